The summed E-state index contributed by atoms with van der Waals surface area (Å²) in [5.41, 5.74) is 2.49. The highest BCUT2D eigenvalue weighted by Gasteiger charge is 2.19. The summed E-state index contributed by atoms with van der Waals surface area (Å²) in [6, 6.07) is 25.6. The lowest BCUT2D eigenvalue weighted by Crippen LogP contribution is -2.29. The molecule has 0 aliphatic rings. The number of benzene rings is 3. The van der Waals surface area contributed by atoms with Crippen LogP contribution < -0.4 is 10.1 Å². The summed E-state index contributed by atoms with van der Waals surface area (Å²) in [6.07, 6.45) is 4.02. The highest BCUT2D eigenvalue weighted by atomic mass is 16.5. The van der Waals surface area contributed by atoms with E-state index < -0.39 is 0 Å². The molecule has 0 spiro atoms. The lowest BCUT2D eigenvalue weighted by Gasteiger charge is -2.17. The summed E-state index contributed by atoms with van der Waals surface area (Å²) in [5, 5.41) is 5.34. The molecule has 0 saturated heterocycles. The smallest absolute Gasteiger partial charge is 0.253 e. The molecular formula is C28H26N4O2. The first-order chi connectivity index (χ1) is 16.7. The number of amides is 1. The van der Waals surface area contributed by atoms with Gasteiger partial charge < -0.3 is 14.6 Å². The largest absolute Gasteiger partial charge is 0.493 e. The van der Waals surface area contributed by atoms with Gasteiger partial charge in [0, 0.05) is 24.3 Å². The molecule has 2 aromatic heterocycles. The Morgan fingerprint density at radius 3 is 2.71 bits per heavy atom. The fourth-order valence-corrected chi connectivity index (χ4v) is 4.23. The van der Waals surface area contributed by atoms with E-state index in [0.717, 1.165) is 41.0 Å². The number of aromatic nitrogens is 3. The third-order valence-corrected chi connectivity index (χ3v) is 5.88. The highest BCUT2D eigenvalue weighted by Crippen LogP contribution is 2.26. The van der Waals surface area contributed by atoms with Crippen LogP contribution in [-0.4, -0.2) is 27.0 Å². The Morgan fingerprint density at radius 1 is 1.00 bits per heavy atom. The Hall–Kier alpha value is -4.19. The number of hydrogen-bond acceptors (Lipinski definition) is 4. The molecule has 0 bridgehead atoms. The third kappa shape index (κ3) is 4.48. The molecule has 34 heavy (non-hydrogen) atoms. The number of imidazole rings is 1. The number of para-hydroxylation sites is 2. The predicted octanol–water partition coefficient (Wildman–Crippen LogP) is 5.54. The van der Waals surface area contributed by atoms with E-state index in [9.17, 15) is 4.79 Å². The Labute approximate surface area is 198 Å². The molecule has 6 heteroatoms. The molecule has 5 rings (SSSR count). The van der Waals surface area contributed by atoms with Crippen LogP contribution >= 0.6 is 0 Å². The minimum atomic E-state index is -0.265. The summed E-state index contributed by atoms with van der Waals surface area (Å²) in [5.74, 6) is 1.55. The third-order valence-electron chi connectivity index (χ3n) is 5.88. The van der Waals surface area contributed by atoms with Crippen LogP contribution in [0, 0.1) is 0 Å². The van der Waals surface area contributed by atoms with E-state index in [1.165, 1.54) is 5.39 Å². The zero-order chi connectivity index (χ0) is 23.3. The van der Waals surface area contributed by atoms with E-state index in [1.54, 1.807) is 24.5 Å². The fourth-order valence-electron chi connectivity index (χ4n) is 4.23. The van der Waals surface area contributed by atoms with Crippen LogP contribution in [0.2, 0.25) is 0 Å². The maximum absolute atomic E-state index is 12.7. The number of rotatable bonds is 8. The summed E-state index contributed by atoms with van der Waals surface area (Å²) >= 11 is 0. The monoisotopic (exact) mass is 450 g/mol. The highest BCUT2D eigenvalue weighted by molar-refractivity contribution is 5.94. The molecule has 3 aromatic carbocycles. The van der Waals surface area contributed by atoms with Gasteiger partial charge in [0.1, 0.15) is 11.6 Å². The number of hydrogen-bond donors (Lipinski definition) is 1. The van der Waals surface area contributed by atoms with Crippen LogP contribution in [0.4, 0.5) is 0 Å². The molecule has 0 radical (unpaired) electrons. The Bertz CT molecular complexity index is 1420. The number of carbonyl (C=O) groups is 1. The molecule has 2 heterocycles. The maximum Gasteiger partial charge on any atom is 0.253 e. The van der Waals surface area contributed by atoms with Gasteiger partial charge in [-0.1, -0.05) is 48.5 Å². The van der Waals surface area contributed by atoms with E-state index in [1.807, 2.05) is 49.4 Å². The van der Waals surface area contributed by atoms with E-state index in [4.69, 9.17) is 9.72 Å². The summed E-state index contributed by atoms with van der Waals surface area (Å²) in [6.45, 7) is 3.27. The second kappa shape index (κ2) is 9.75. The van der Waals surface area contributed by atoms with Crippen molar-refractivity contribution in [3.8, 4) is 5.75 Å². The number of nitrogens with zero attached hydrogens (tertiary/aromatic N) is 3. The normalized spacial score (nSPS) is 12.0. The first-order valence-electron chi connectivity index (χ1n) is 11.5. The van der Waals surface area contributed by atoms with Crippen LogP contribution in [0.15, 0.2) is 91.3 Å². The topological polar surface area (TPSA) is 69.0 Å². The van der Waals surface area contributed by atoms with Gasteiger partial charge in [0.15, 0.2) is 0 Å². The fraction of sp³-hybridized carbons (Fsp3) is 0.179. The van der Waals surface area contributed by atoms with Crippen LogP contribution in [-0.2, 0) is 6.54 Å². The number of aryl methyl sites for hydroxylation is 1. The lowest BCUT2D eigenvalue weighted by molar-refractivity contribution is 0.0937. The van der Waals surface area contributed by atoms with Crippen LogP contribution in [0.25, 0.3) is 21.8 Å². The first-order valence-corrected chi connectivity index (χ1v) is 11.5. The maximum atomic E-state index is 12.7. The molecule has 5 aromatic rings. The minimum Gasteiger partial charge on any atom is -0.493 e. The van der Waals surface area contributed by atoms with Crippen molar-refractivity contribution in [3.05, 3.63) is 103 Å². The molecule has 1 amide bonds. The number of carbonyl (C=O) groups excluding carboxylic acids is 1. The van der Waals surface area contributed by atoms with Gasteiger partial charge in [0.2, 0.25) is 0 Å². The zero-order valence-electron chi connectivity index (χ0n) is 19.0. The number of nitrogens with one attached hydrogen (secondary N) is 1. The average molecular weight is 451 g/mol. The van der Waals surface area contributed by atoms with Crippen molar-refractivity contribution in [2.75, 3.05) is 6.61 Å². The van der Waals surface area contributed by atoms with Gasteiger partial charge in [-0.15, -0.1) is 0 Å². The van der Waals surface area contributed by atoms with E-state index in [-0.39, 0.29) is 11.9 Å². The van der Waals surface area contributed by atoms with Crippen LogP contribution in [0.3, 0.4) is 0 Å². The van der Waals surface area contributed by atoms with Crippen molar-refractivity contribution in [1.29, 1.82) is 0 Å². The van der Waals surface area contributed by atoms with E-state index in [2.05, 4.69) is 39.1 Å². The van der Waals surface area contributed by atoms with Gasteiger partial charge in [0.25, 0.3) is 5.91 Å². The Morgan fingerprint density at radius 2 is 1.82 bits per heavy atom. The molecule has 1 atom stereocenters. The first kappa shape index (κ1) is 21.6. The minimum absolute atomic E-state index is 0.168. The van der Waals surface area contributed by atoms with Gasteiger partial charge in [-0.2, -0.15) is 0 Å². The lowest BCUT2D eigenvalue weighted by atomic mass is 10.1. The van der Waals surface area contributed by atoms with Crippen molar-refractivity contribution in [2.45, 2.75) is 25.9 Å². The van der Waals surface area contributed by atoms with Gasteiger partial charge in [-0.05, 0) is 49.1 Å². The molecule has 6 nitrogen and oxygen atoms in total. The van der Waals surface area contributed by atoms with Crippen LogP contribution in [0.5, 0.6) is 5.75 Å². The number of fused-ring (bicyclic) bond motifs is 2. The zero-order valence-corrected chi connectivity index (χ0v) is 19.0. The number of ether oxygens (including phenoxy) is 1. The molecule has 0 aliphatic carbocycles. The van der Waals surface area contributed by atoms with Crippen molar-refractivity contribution in [2.24, 2.45) is 0 Å². The molecule has 0 saturated carbocycles. The molecule has 0 aliphatic heterocycles. The molecular weight excluding hydrogens is 424 g/mol. The summed E-state index contributed by atoms with van der Waals surface area (Å²) in [4.78, 5) is 21.5. The molecule has 1 N–H and O–H groups in total. The van der Waals surface area contributed by atoms with Crippen molar-refractivity contribution in [3.63, 3.8) is 0 Å². The van der Waals surface area contributed by atoms with E-state index >= 15 is 0 Å². The van der Waals surface area contributed by atoms with Crippen molar-refractivity contribution >= 4 is 27.7 Å². The van der Waals surface area contributed by atoms with Gasteiger partial charge in [-0.25, -0.2) is 4.98 Å². The SMILES string of the molecule is CC(NC(=O)c1cccnc1)c1nc2ccccc2n1CCCOc1cccc2ccccc12. The van der Waals surface area contributed by atoms with Gasteiger partial charge in [0.05, 0.1) is 29.2 Å². The summed E-state index contributed by atoms with van der Waals surface area (Å²) in [7, 11) is 0. The second-order valence-electron chi connectivity index (χ2n) is 8.23. The van der Waals surface area contributed by atoms with Gasteiger partial charge >= 0.3 is 0 Å². The molecule has 1 unspecified atom stereocenters. The predicted molar refractivity (Wildman–Crippen MR) is 134 cm³/mol. The summed E-state index contributed by atoms with van der Waals surface area (Å²) < 4.78 is 8.32. The van der Waals surface area contributed by atoms with Gasteiger partial charge in [-0.3, -0.25) is 9.78 Å². The van der Waals surface area contributed by atoms with Crippen molar-refractivity contribution in [1.82, 2.24) is 19.9 Å². The second-order valence-corrected chi connectivity index (χ2v) is 8.23. The molecule has 0 fully saturated rings. The Kier molecular flexibility index (Phi) is 6.21. The van der Waals surface area contributed by atoms with Crippen LogP contribution in [0.1, 0.15) is 35.6 Å². The number of pyridine rings is 1. The Balaban J connectivity index is 1.31. The standard InChI is InChI=1S/C28H26N4O2/c1-20(30-28(33)22-11-7-16-29-19-22)27-31-24-13-4-5-14-25(24)32(27)17-8-18-34-26-15-6-10-21-9-2-3-12-23(21)26/h2-7,9-16,19-20H,8,17-18H2,1H3,(H,30,33). The van der Waals surface area contributed by atoms with Crippen molar-refractivity contribution < 1.29 is 9.53 Å². The average Bonchev–Trinajstić information content (AvgIpc) is 3.26. The van der Waals surface area contributed by atoms with E-state index in [0.29, 0.717) is 12.2 Å². The molecule has 170 valence electrons. The quantitative estimate of drug-likeness (QED) is 0.315.